The summed E-state index contributed by atoms with van der Waals surface area (Å²) in [6.07, 6.45) is -0.401. The van der Waals surface area contributed by atoms with Gasteiger partial charge in [0.15, 0.2) is 11.1 Å². The van der Waals surface area contributed by atoms with E-state index in [2.05, 4.69) is 15.6 Å². The van der Waals surface area contributed by atoms with Crippen molar-refractivity contribution < 1.29 is 14.4 Å². The standard InChI is InChI=1S/C12H16N4O4/c1-8(17)7-13-5-6-14-12-15-11-9(16(18)19)3-2-4-10(11)20-12/h2-4,8,13,17H,5-7H2,1H3,(H,14,15). The van der Waals surface area contributed by atoms with Crippen molar-refractivity contribution in [1.82, 2.24) is 10.3 Å². The van der Waals surface area contributed by atoms with Crippen molar-refractivity contribution in [3.05, 3.63) is 28.3 Å². The van der Waals surface area contributed by atoms with E-state index < -0.39 is 11.0 Å². The third kappa shape index (κ3) is 3.43. The third-order valence-corrected chi connectivity index (χ3v) is 2.61. The van der Waals surface area contributed by atoms with Gasteiger partial charge < -0.3 is 20.2 Å². The minimum Gasteiger partial charge on any atom is -0.423 e. The summed E-state index contributed by atoms with van der Waals surface area (Å²) in [5.41, 5.74) is 0.530. The van der Waals surface area contributed by atoms with E-state index in [4.69, 9.17) is 9.52 Å². The number of hydrogen-bond donors (Lipinski definition) is 3. The molecule has 3 N–H and O–H groups in total. The van der Waals surface area contributed by atoms with Gasteiger partial charge in [-0.25, -0.2) is 0 Å². The van der Waals surface area contributed by atoms with E-state index >= 15 is 0 Å². The lowest BCUT2D eigenvalue weighted by Gasteiger charge is -2.06. The highest BCUT2D eigenvalue weighted by Gasteiger charge is 2.16. The van der Waals surface area contributed by atoms with Crippen LogP contribution in [0.15, 0.2) is 22.6 Å². The lowest BCUT2D eigenvalue weighted by atomic mass is 10.3. The van der Waals surface area contributed by atoms with Crippen LogP contribution in [0.5, 0.6) is 0 Å². The van der Waals surface area contributed by atoms with Crippen LogP contribution in [0.1, 0.15) is 6.92 Å². The largest absolute Gasteiger partial charge is 0.423 e. The fraction of sp³-hybridized carbons (Fsp3) is 0.417. The molecule has 1 unspecified atom stereocenters. The molecule has 1 heterocycles. The summed E-state index contributed by atoms with van der Waals surface area (Å²) in [4.78, 5) is 14.4. The Labute approximate surface area is 114 Å². The number of nitrogens with zero attached hydrogens (tertiary/aromatic N) is 2. The van der Waals surface area contributed by atoms with E-state index in [0.29, 0.717) is 25.2 Å². The molecule has 0 radical (unpaired) electrons. The average Bonchev–Trinajstić information content (AvgIpc) is 2.80. The first kappa shape index (κ1) is 14.2. The van der Waals surface area contributed by atoms with E-state index in [1.807, 2.05) is 0 Å². The van der Waals surface area contributed by atoms with Gasteiger partial charge in [0.05, 0.1) is 11.0 Å². The first-order valence-electron chi connectivity index (χ1n) is 6.24. The van der Waals surface area contributed by atoms with Crippen LogP contribution >= 0.6 is 0 Å². The second kappa shape index (κ2) is 6.31. The molecule has 0 bridgehead atoms. The van der Waals surface area contributed by atoms with E-state index in [0.717, 1.165) is 0 Å². The first-order chi connectivity index (χ1) is 9.58. The highest BCUT2D eigenvalue weighted by molar-refractivity contribution is 5.83. The fourth-order valence-corrected chi connectivity index (χ4v) is 1.73. The number of rotatable bonds is 7. The molecule has 0 aliphatic carbocycles. The summed E-state index contributed by atoms with van der Waals surface area (Å²) in [6, 6.07) is 4.82. The minimum absolute atomic E-state index is 0.0773. The molecule has 2 aromatic rings. The van der Waals surface area contributed by atoms with Crippen LogP contribution in [0.2, 0.25) is 0 Å². The molecule has 0 amide bonds. The van der Waals surface area contributed by atoms with Crippen molar-refractivity contribution in [2.45, 2.75) is 13.0 Å². The number of nitro benzene ring substituents is 1. The zero-order chi connectivity index (χ0) is 14.5. The number of oxazole rings is 1. The van der Waals surface area contributed by atoms with Crippen LogP contribution in [0, 0.1) is 10.1 Å². The molecule has 0 aliphatic heterocycles. The second-order valence-corrected chi connectivity index (χ2v) is 4.38. The Kier molecular flexibility index (Phi) is 4.49. The number of aromatic nitrogens is 1. The van der Waals surface area contributed by atoms with Crippen molar-refractivity contribution in [3.63, 3.8) is 0 Å². The Balaban J connectivity index is 1.98. The monoisotopic (exact) mass is 280 g/mol. The van der Waals surface area contributed by atoms with Gasteiger partial charge in [-0.2, -0.15) is 4.98 Å². The number of nitro groups is 1. The van der Waals surface area contributed by atoms with Gasteiger partial charge >= 0.3 is 0 Å². The van der Waals surface area contributed by atoms with Crippen LogP contribution in [-0.4, -0.2) is 40.8 Å². The van der Waals surface area contributed by atoms with Gasteiger partial charge in [-0.1, -0.05) is 6.07 Å². The SMILES string of the molecule is CC(O)CNCCNc1nc2c([N+](=O)[O-])cccc2o1. The van der Waals surface area contributed by atoms with Crippen molar-refractivity contribution >= 4 is 22.8 Å². The molecule has 20 heavy (non-hydrogen) atoms. The maximum atomic E-state index is 10.9. The molecule has 108 valence electrons. The number of hydrogen-bond acceptors (Lipinski definition) is 7. The lowest BCUT2D eigenvalue weighted by Crippen LogP contribution is -2.28. The van der Waals surface area contributed by atoms with Gasteiger partial charge in [0.2, 0.25) is 0 Å². The molecule has 0 aliphatic rings. The Morgan fingerprint density at radius 1 is 1.50 bits per heavy atom. The summed E-state index contributed by atoms with van der Waals surface area (Å²) < 4.78 is 5.38. The van der Waals surface area contributed by atoms with E-state index in [9.17, 15) is 10.1 Å². The average molecular weight is 280 g/mol. The quantitative estimate of drug-likeness (QED) is 0.395. The molecule has 8 heteroatoms. The lowest BCUT2D eigenvalue weighted by molar-refractivity contribution is -0.383. The Morgan fingerprint density at radius 2 is 2.30 bits per heavy atom. The van der Waals surface area contributed by atoms with Gasteiger partial charge in [-0.15, -0.1) is 0 Å². The molecular formula is C12H16N4O4. The van der Waals surface area contributed by atoms with E-state index in [1.165, 1.54) is 6.07 Å². The van der Waals surface area contributed by atoms with Crippen LogP contribution in [0.4, 0.5) is 11.7 Å². The molecule has 0 saturated heterocycles. The Bertz CT molecular complexity index is 596. The van der Waals surface area contributed by atoms with E-state index in [1.54, 1.807) is 19.1 Å². The topological polar surface area (TPSA) is 113 Å². The molecular weight excluding hydrogens is 264 g/mol. The molecule has 1 atom stereocenters. The van der Waals surface area contributed by atoms with Crippen molar-refractivity contribution in [2.24, 2.45) is 0 Å². The summed E-state index contributed by atoms with van der Waals surface area (Å²) in [7, 11) is 0. The predicted octanol–water partition coefficient (Wildman–Crippen LogP) is 1.12. The number of aliphatic hydroxyl groups is 1. The van der Waals surface area contributed by atoms with E-state index in [-0.39, 0.29) is 17.2 Å². The van der Waals surface area contributed by atoms with Crippen LogP contribution in [-0.2, 0) is 0 Å². The maximum absolute atomic E-state index is 10.9. The number of anilines is 1. The highest BCUT2D eigenvalue weighted by atomic mass is 16.6. The first-order valence-corrected chi connectivity index (χ1v) is 6.24. The highest BCUT2D eigenvalue weighted by Crippen LogP contribution is 2.26. The molecule has 1 aromatic carbocycles. The van der Waals surface area contributed by atoms with Gasteiger partial charge in [0.25, 0.3) is 11.7 Å². The fourth-order valence-electron chi connectivity index (χ4n) is 1.73. The number of nitrogens with one attached hydrogen (secondary N) is 2. The molecule has 1 aromatic heterocycles. The number of aliphatic hydroxyl groups excluding tert-OH is 1. The smallest absolute Gasteiger partial charge is 0.298 e. The zero-order valence-corrected chi connectivity index (χ0v) is 11.0. The zero-order valence-electron chi connectivity index (χ0n) is 11.0. The van der Waals surface area contributed by atoms with Gasteiger partial charge in [-0.3, -0.25) is 10.1 Å². The van der Waals surface area contributed by atoms with Crippen LogP contribution in [0.3, 0.4) is 0 Å². The third-order valence-electron chi connectivity index (χ3n) is 2.61. The number of benzene rings is 1. The minimum atomic E-state index is -0.487. The van der Waals surface area contributed by atoms with Crippen LogP contribution < -0.4 is 10.6 Å². The van der Waals surface area contributed by atoms with Crippen LogP contribution in [0.25, 0.3) is 11.1 Å². The maximum Gasteiger partial charge on any atom is 0.298 e. The molecule has 0 spiro atoms. The van der Waals surface area contributed by atoms with Gasteiger partial charge in [0, 0.05) is 25.7 Å². The molecule has 0 fully saturated rings. The van der Waals surface area contributed by atoms with Crippen molar-refractivity contribution in [3.8, 4) is 0 Å². The van der Waals surface area contributed by atoms with Gasteiger partial charge in [0.1, 0.15) is 0 Å². The molecule has 0 saturated carbocycles. The summed E-state index contributed by atoms with van der Waals surface area (Å²) in [6.45, 7) is 3.35. The van der Waals surface area contributed by atoms with Crippen molar-refractivity contribution in [1.29, 1.82) is 0 Å². The number of fused-ring (bicyclic) bond motifs is 1. The Morgan fingerprint density at radius 3 is 3.00 bits per heavy atom. The summed E-state index contributed by atoms with van der Waals surface area (Å²) in [5, 5.41) is 25.9. The molecule has 8 nitrogen and oxygen atoms in total. The van der Waals surface area contributed by atoms with Gasteiger partial charge in [-0.05, 0) is 13.0 Å². The Hall–Kier alpha value is -2.19. The summed E-state index contributed by atoms with van der Waals surface area (Å²) in [5.74, 6) is 0. The molecule has 2 rings (SSSR count). The summed E-state index contributed by atoms with van der Waals surface area (Å²) >= 11 is 0. The number of para-hydroxylation sites is 1. The van der Waals surface area contributed by atoms with Crippen molar-refractivity contribution in [2.75, 3.05) is 25.0 Å². The number of non-ortho nitro benzene ring substituents is 1. The predicted molar refractivity (Wildman–Crippen MR) is 73.7 cm³/mol. The second-order valence-electron chi connectivity index (χ2n) is 4.38. The normalized spacial score (nSPS) is 12.5.